The molecule has 0 radical (unpaired) electrons. The average Bonchev–Trinajstić information content (AvgIpc) is 3.33. The number of unbranched alkanes of at least 4 members (excludes halogenated alkanes) is 27. The first-order valence-electron chi connectivity index (χ1n) is 27.9. The summed E-state index contributed by atoms with van der Waals surface area (Å²) < 4.78 is 17.5. The van der Waals surface area contributed by atoms with Gasteiger partial charge >= 0.3 is 5.97 Å². The number of allylic oxidation sites excluding steroid dienone is 6. The molecule has 1 heterocycles. The van der Waals surface area contributed by atoms with E-state index in [1.165, 1.54) is 135 Å². The SMILES string of the molecule is CCCCCC/C=C\CCCCCCCCCC(=O)OC1C(OCC(NC(=O)C(O)C/C=C/C/C=C\CCCCCCCC)C(O)/C=C/CCCCCCCCCCCC)OC(CO)C(O)C1O. The van der Waals surface area contributed by atoms with Crippen molar-refractivity contribution in [2.24, 2.45) is 0 Å². The summed E-state index contributed by atoms with van der Waals surface area (Å²) in [7, 11) is 0. The van der Waals surface area contributed by atoms with E-state index in [2.05, 4.69) is 50.4 Å². The number of nitrogens with one attached hydrogen (secondary N) is 1. The minimum atomic E-state index is -1.62. The van der Waals surface area contributed by atoms with Gasteiger partial charge in [0.15, 0.2) is 12.4 Å². The molecular formula is C57H103NO10. The summed E-state index contributed by atoms with van der Waals surface area (Å²) in [5.41, 5.74) is 0. The molecule has 8 unspecified atom stereocenters. The summed E-state index contributed by atoms with van der Waals surface area (Å²) in [5.74, 6) is -1.27. The number of ether oxygens (including phenoxy) is 3. The minimum absolute atomic E-state index is 0.0819. The molecule has 11 heteroatoms. The van der Waals surface area contributed by atoms with E-state index in [0.717, 1.165) is 57.8 Å². The molecule has 1 aliphatic heterocycles. The lowest BCUT2D eigenvalue weighted by Gasteiger charge is -2.41. The first-order valence-corrected chi connectivity index (χ1v) is 27.9. The monoisotopic (exact) mass is 962 g/mol. The Hall–Kier alpha value is -2.38. The summed E-state index contributed by atoms with van der Waals surface area (Å²) >= 11 is 0. The molecule has 0 saturated carbocycles. The van der Waals surface area contributed by atoms with Gasteiger partial charge in [0.1, 0.15) is 24.4 Å². The van der Waals surface area contributed by atoms with E-state index < -0.39 is 67.4 Å². The van der Waals surface area contributed by atoms with E-state index >= 15 is 0 Å². The molecule has 6 N–H and O–H groups in total. The number of carbonyl (C=O) groups is 2. The number of amides is 1. The van der Waals surface area contributed by atoms with E-state index in [1.54, 1.807) is 12.2 Å². The van der Waals surface area contributed by atoms with Gasteiger partial charge in [-0.25, -0.2) is 0 Å². The highest BCUT2D eigenvalue weighted by Gasteiger charge is 2.47. The molecule has 0 bridgehead atoms. The highest BCUT2D eigenvalue weighted by molar-refractivity contribution is 5.81. The van der Waals surface area contributed by atoms with Crippen LogP contribution in [0.5, 0.6) is 0 Å². The molecule has 1 saturated heterocycles. The van der Waals surface area contributed by atoms with Crippen LogP contribution in [0.1, 0.15) is 239 Å². The second kappa shape index (κ2) is 45.7. The Morgan fingerprint density at radius 3 is 1.53 bits per heavy atom. The number of carbonyl (C=O) groups excluding carboxylic acids is 2. The molecule has 396 valence electrons. The molecular weight excluding hydrogens is 859 g/mol. The Morgan fingerprint density at radius 1 is 0.574 bits per heavy atom. The number of rotatable bonds is 46. The number of esters is 1. The molecule has 0 spiro atoms. The Labute approximate surface area is 415 Å². The molecule has 0 aromatic carbocycles. The third-order valence-corrected chi connectivity index (χ3v) is 13.0. The van der Waals surface area contributed by atoms with Gasteiger partial charge in [-0.2, -0.15) is 0 Å². The Kier molecular flexibility index (Phi) is 42.8. The van der Waals surface area contributed by atoms with Crippen molar-refractivity contribution in [1.82, 2.24) is 5.32 Å². The second-order valence-corrected chi connectivity index (χ2v) is 19.3. The van der Waals surface area contributed by atoms with Gasteiger partial charge < -0.3 is 45.1 Å². The Balaban J connectivity index is 2.78. The van der Waals surface area contributed by atoms with Gasteiger partial charge in [-0.3, -0.25) is 9.59 Å². The molecule has 1 aliphatic rings. The fourth-order valence-electron chi connectivity index (χ4n) is 8.45. The number of hydrogen-bond acceptors (Lipinski definition) is 10. The van der Waals surface area contributed by atoms with Crippen molar-refractivity contribution in [3.8, 4) is 0 Å². The van der Waals surface area contributed by atoms with Gasteiger partial charge in [0, 0.05) is 12.8 Å². The molecule has 11 nitrogen and oxygen atoms in total. The van der Waals surface area contributed by atoms with Crippen LogP contribution in [0.2, 0.25) is 0 Å². The molecule has 68 heavy (non-hydrogen) atoms. The summed E-state index contributed by atoms with van der Waals surface area (Å²) in [6.45, 7) is 5.70. The molecule has 0 aromatic heterocycles. The van der Waals surface area contributed by atoms with Gasteiger partial charge in [0.25, 0.3) is 0 Å². The van der Waals surface area contributed by atoms with Crippen molar-refractivity contribution in [2.45, 2.75) is 288 Å². The van der Waals surface area contributed by atoms with Crippen LogP contribution in [0.25, 0.3) is 0 Å². The lowest BCUT2D eigenvalue weighted by atomic mass is 9.99. The number of aliphatic hydroxyl groups is 5. The third kappa shape index (κ3) is 34.0. The zero-order chi connectivity index (χ0) is 49.7. The quantitative estimate of drug-likeness (QED) is 0.0196. The normalized spacial score (nSPS) is 20.3. The van der Waals surface area contributed by atoms with E-state index in [9.17, 15) is 35.1 Å². The average molecular weight is 962 g/mol. The fourth-order valence-corrected chi connectivity index (χ4v) is 8.45. The van der Waals surface area contributed by atoms with Crippen LogP contribution in [0, 0.1) is 0 Å². The van der Waals surface area contributed by atoms with Crippen LogP contribution < -0.4 is 5.32 Å². The van der Waals surface area contributed by atoms with Gasteiger partial charge in [-0.05, 0) is 64.2 Å². The fraction of sp³-hybridized carbons (Fsp3) is 0.825. The van der Waals surface area contributed by atoms with Crippen molar-refractivity contribution < 1.29 is 49.3 Å². The topological polar surface area (TPSA) is 175 Å². The van der Waals surface area contributed by atoms with Crippen molar-refractivity contribution in [3.05, 3.63) is 48.6 Å². The zero-order valence-electron chi connectivity index (χ0n) is 43.5. The van der Waals surface area contributed by atoms with Crippen molar-refractivity contribution in [3.63, 3.8) is 0 Å². The summed E-state index contributed by atoms with van der Waals surface area (Å²) in [6, 6.07) is -1.05. The van der Waals surface area contributed by atoms with Crippen molar-refractivity contribution in [1.29, 1.82) is 0 Å². The van der Waals surface area contributed by atoms with Crippen LogP contribution >= 0.6 is 0 Å². The lowest BCUT2D eigenvalue weighted by Crippen LogP contribution is -2.61. The maximum absolute atomic E-state index is 13.3. The first kappa shape index (κ1) is 63.6. The molecule has 1 rings (SSSR count). The number of hydrogen-bond donors (Lipinski definition) is 6. The number of aliphatic hydroxyl groups excluding tert-OH is 5. The van der Waals surface area contributed by atoms with Crippen molar-refractivity contribution in [2.75, 3.05) is 13.2 Å². The van der Waals surface area contributed by atoms with Gasteiger partial charge in [0.05, 0.1) is 25.4 Å². The predicted molar refractivity (Wildman–Crippen MR) is 278 cm³/mol. The highest BCUT2D eigenvalue weighted by Crippen LogP contribution is 2.26. The smallest absolute Gasteiger partial charge is 0.306 e. The maximum atomic E-state index is 13.3. The predicted octanol–water partition coefficient (Wildman–Crippen LogP) is 12.1. The Morgan fingerprint density at radius 2 is 1.01 bits per heavy atom. The molecule has 1 fully saturated rings. The first-order chi connectivity index (χ1) is 33.2. The summed E-state index contributed by atoms with van der Waals surface area (Å²) in [6.07, 6.45) is 43.2. The summed E-state index contributed by atoms with van der Waals surface area (Å²) in [4.78, 5) is 26.3. The van der Waals surface area contributed by atoms with Gasteiger partial charge in [0.2, 0.25) is 5.91 Å². The zero-order valence-corrected chi connectivity index (χ0v) is 43.5. The maximum Gasteiger partial charge on any atom is 0.306 e. The van der Waals surface area contributed by atoms with E-state index in [1.807, 2.05) is 12.2 Å². The van der Waals surface area contributed by atoms with Crippen LogP contribution in [0.3, 0.4) is 0 Å². The van der Waals surface area contributed by atoms with E-state index in [0.29, 0.717) is 12.8 Å². The largest absolute Gasteiger partial charge is 0.454 e. The van der Waals surface area contributed by atoms with Crippen LogP contribution in [-0.2, 0) is 23.8 Å². The third-order valence-electron chi connectivity index (χ3n) is 13.0. The lowest BCUT2D eigenvalue weighted by molar-refractivity contribution is -0.305. The molecule has 1 amide bonds. The highest BCUT2D eigenvalue weighted by atomic mass is 16.7. The van der Waals surface area contributed by atoms with Crippen molar-refractivity contribution >= 4 is 11.9 Å². The molecule has 0 aromatic rings. The van der Waals surface area contributed by atoms with Crippen LogP contribution in [0.15, 0.2) is 48.6 Å². The van der Waals surface area contributed by atoms with E-state index in [-0.39, 0.29) is 19.4 Å². The molecule has 0 aliphatic carbocycles. The Bertz CT molecular complexity index is 1290. The van der Waals surface area contributed by atoms with Gasteiger partial charge in [-0.1, -0.05) is 211 Å². The van der Waals surface area contributed by atoms with Gasteiger partial charge in [-0.15, -0.1) is 0 Å². The molecule has 8 atom stereocenters. The summed E-state index contributed by atoms with van der Waals surface area (Å²) in [5, 5.41) is 56.6. The van der Waals surface area contributed by atoms with Crippen LogP contribution in [-0.4, -0.2) is 99.6 Å². The second-order valence-electron chi connectivity index (χ2n) is 19.3. The van der Waals surface area contributed by atoms with E-state index in [4.69, 9.17) is 14.2 Å². The standard InChI is InChI=1S/C57H103NO10/c1-4-7-10-13-16-19-22-25-26-27-30-33-36-39-42-45-52(62)68-55-54(64)53(63)51(46-59)67-57(55)66-47-48(49(60)43-40-37-34-31-28-23-20-17-14-11-8-5-2)58-56(65)50(61)44-41-38-35-32-29-24-21-18-15-12-9-6-3/h19,22,29,32,38,40-41,43,48-51,53-55,57,59-61,63-64H,4-18,20-21,23-28,30-31,33-37,39,42,44-47H2,1-3H3,(H,58,65)/b22-19-,32-29-,41-38+,43-40+. The van der Waals surface area contributed by atoms with Crippen LogP contribution in [0.4, 0.5) is 0 Å². The minimum Gasteiger partial charge on any atom is -0.454 e.